The molecule has 0 radical (unpaired) electrons. The second-order valence-electron chi connectivity index (χ2n) is 9.07. The van der Waals surface area contributed by atoms with E-state index in [9.17, 15) is 9.18 Å². The molecule has 6 rings (SSSR count). The van der Waals surface area contributed by atoms with Crippen molar-refractivity contribution in [2.45, 2.75) is 20.4 Å². The number of carbonyl (C=O) groups excluding carboxylic acids is 1. The van der Waals surface area contributed by atoms with E-state index >= 15 is 0 Å². The molecule has 0 saturated carbocycles. The summed E-state index contributed by atoms with van der Waals surface area (Å²) in [5.41, 5.74) is 6.90. The maximum atomic E-state index is 13.8. The molecule has 0 aliphatic heterocycles. The van der Waals surface area contributed by atoms with E-state index in [1.54, 1.807) is 12.1 Å². The van der Waals surface area contributed by atoms with Crippen molar-refractivity contribution >= 4 is 27.6 Å². The molecule has 2 heterocycles. The SMILES string of the molecule is Cc1noc(C)c1-c1ccc2c3ccc(C(=O)c4cccc(F)c4)cc3n(Cc3ccccc3)c2c1. The molecular formula is C31H23FN2O2. The number of benzene rings is 4. The summed E-state index contributed by atoms with van der Waals surface area (Å²) in [5, 5.41) is 6.28. The number of halogens is 1. The zero-order valence-electron chi connectivity index (χ0n) is 20.0. The van der Waals surface area contributed by atoms with Crippen molar-refractivity contribution in [1.29, 1.82) is 0 Å². The zero-order chi connectivity index (χ0) is 24.8. The van der Waals surface area contributed by atoms with Gasteiger partial charge in [-0.05, 0) is 49.2 Å². The average Bonchev–Trinajstić information content (AvgIpc) is 3.39. The number of carbonyl (C=O) groups is 1. The molecule has 5 heteroatoms. The maximum Gasteiger partial charge on any atom is 0.193 e. The van der Waals surface area contributed by atoms with Crippen LogP contribution in [0.3, 0.4) is 0 Å². The monoisotopic (exact) mass is 474 g/mol. The molecular weight excluding hydrogens is 451 g/mol. The van der Waals surface area contributed by atoms with E-state index in [0.717, 1.165) is 50.0 Å². The third-order valence-electron chi connectivity index (χ3n) is 6.72. The van der Waals surface area contributed by atoms with Gasteiger partial charge in [0.05, 0.1) is 16.7 Å². The second-order valence-corrected chi connectivity index (χ2v) is 9.07. The van der Waals surface area contributed by atoms with Crippen LogP contribution in [0.2, 0.25) is 0 Å². The predicted octanol–water partition coefficient (Wildman–Crippen LogP) is 7.48. The Morgan fingerprint density at radius 1 is 0.833 bits per heavy atom. The van der Waals surface area contributed by atoms with Gasteiger partial charge in [-0.15, -0.1) is 0 Å². The summed E-state index contributed by atoms with van der Waals surface area (Å²) in [6.07, 6.45) is 0. The molecule has 4 nitrogen and oxygen atoms in total. The molecule has 0 aliphatic rings. The van der Waals surface area contributed by atoms with Crippen LogP contribution in [0.25, 0.3) is 32.9 Å². The van der Waals surface area contributed by atoms with Crippen molar-refractivity contribution in [2.75, 3.05) is 0 Å². The van der Waals surface area contributed by atoms with Crippen LogP contribution >= 0.6 is 0 Å². The minimum atomic E-state index is -0.424. The van der Waals surface area contributed by atoms with E-state index in [1.807, 2.05) is 50.2 Å². The minimum absolute atomic E-state index is 0.204. The Kier molecular flexibility index (Phi) is 5.26. The number of rotatable bonds is 5. The summed E-state index contributed by atoms with van der Waals surface area (Å²) in [5.74, 6) is 0.150. The Morgan fingerprint density at radius 2 is 1.56 bits per heavy atom. The first-order valence-electron chi connectivity index (χ1n) is 11.8. The quantitative estimate of drug-likeness (QED) is 0.243. The van der Waals surface area contributed by atoms with E-state index in [1.165, 1.54) is 12.1 Å². The van der Waals surface area contributed by atoms with Crippen molar-refractivity contribution in [1.82, 2.24) is 9.72 Å². The first-order valence-corrected chi connectivity index (χ1v) is 11.8. The van der Waals surface area contributed by atoms with E-state index in [2.05, 4.69) is 40.1 Å². The number of hydrogen-bond acceptors (Lipinski definition) is 3. The lowest BCUT2D eigenvalue weighted by molar-refractivity contribution is 0.103. The summed E-state index contributed by atoms with van der Waals surface area (Å²) in [7, 11) is 0. The van der Waals surface area contributed by atoms with Crippen molar-refractivity contribution < 1.29 is 13.7 Å². The highest BCUT2D eigenvalue weighted by Crippen LogP contribution is 2.35. The second kappa shape index (κ2) is 8.61. The highest BCUT2D eigenvalue weighted by atomic mass is 19.1. The molecule has 176 valence electrons. The van der Waals surface area contributed by atoms with Gasteiger partial charge in [-0.1, -0.05) is 71.9 Å². The fourth-order valence-corrected chi connectivity index (χ4v) is 5.02. The number of aromatic nitrogens is 2. The summed E-state index contributed by atoms with van der Waals surface area (Å²) in [4.78, 5) is 13.2. The van der Waals surface area contributed by atoms with Crippen LogP contribution in [-0.4, -0.2) is 15.5 Å². The molecule has 36 heavy (non-hydrogen) atoms. The summed E-state index contributed by atoms with van der Waals surface area (Å²) in [6, 6.07) is 28.2. The lowest BCUT2D eigenvalue weighted by Crippen LogP contribution is -2.03. The Bertz CT molecular complexity index is 1740. The van der Waals surface area contributed by atoms with Gasteiger partial charge in [-0.3, -0.25) is 4.79 Å². The van der Waals surface area contributed by atoms with Crippen LogP contribution in [-0.2, 0) is 6.54 Å². The highest BCUT2D eigenvalue weighted by Gasteiger charge is 2.18. The number of hydrogen-bond donors (Lipinski definition) is 0. The molecule has 0 amide bonds. The van der Waals surface area contributed by atoms with E-state index in [4.69, 9.17) is 4.52 Å². The molecule has 0 fully saturated rings. The zero-order valence-corrected chi connectivity index (χ0v) is 20.0. The van der Waals surface area contributed by atoms with Crippen LogP contribution in [0.1, 0.15) is 32.9 Å². The lowest BCUT2D eigenvalue weighted by atomic mass is 10.0. The van der Waals surface area contributed by atoms with Crippen molar-refractivity contribution in [3.63, 3.8) is 0 Å². The third-order valence-corrected chi connectivity index (χ3v) is 6.72. The summed E-state index contributed by atoms with van der Waals surface area (Å²) >= 11 is 0. The molecule has 6 aromatic rings. The van der Waals surface area contributed by atoms with Crippen molar-refractivity contribution in [3.8, 4) is 11.1 Å². The number of fused-ring (bicyclic) bond motifs is 3. The van der Waals surface area contributed by atoms with E-state index in [0.29, 0.717) is 17.7 Å². The number of nitrogens with zero attached hydrogens (tertiary/aromatic N) is 2. The van der Waals surface area contributed by atoms with Gasteiger partial charge in [0.1, 0.15) is 11.6 Å². The Hall–Kier alpha value is -4.51. The standard InChI is InChI=1S/C31H23FN2O2/c1-19-30(20(2)36-33-19)22-11-13-26-27-14-12-24(31(35)23-9-6-10-25(32)15-23)17-29(27)34(28(26)16-22)18-21-7-4-3-5-8-21/h3-17H,18H2,1-2H3. The van der Waals surface area contributed by atoms with Crippen LogP contribution in [0, 0.1) is 19.7 Å². The van der Waals surface area contributed by atoms with Crippen LogP contribution in [0.4, 0.5) is 4.39 Å². The van der Waals surface area contributed by atoms with Gasteiger partial charge in [-0.2, -0.15) is 0 Å². The largest absolute Gasteiger partial charge is 0.361 e. The van der Waals surface area contributed by atoms with Gasteiger partial charge >= 0.3 is 0 Å². The fourth-order valence-electron chi connectivity index (χ4n) is 5.02. The van der Waals surface area contributed by atoms with Gasteiger partial charge in [0.2, 0.25) is 0 Å². The topological polar surface area (TPSA) is 48.0 Å². The first kappa shape index (κ1) is 22.0. The molecule has 0 atom stereocenters. The molecule has 0 N–H and O–H groups in total. The Labute approximate surface area is 207 Å². The molecule has 2 aromatic heterocycles. The predicted molar refractivity (Wildman–Crippen MR) is 140 cm³/mol. The lowest BCUT2D eigenvalue weighted by Gasteiger charge is -2.10. The third kappa shape index (κ3) is 3.69. The molecule has 0 saturated heterocycles. The number of ketones is 1. The molecule has 0 bridgehead atoms. The van der Waals surface area contributed by atoms with Crippen LogP contribution < -0.4 is 0 Å². The summed E-state index contributed by atoms with van der Waals surface area (Å²) < 4.78 is 21.4. The smallest absolute Gasteiger partial charge is 0.193 e. The highest BCUT2D eigenvalue weighted by molar-refractivity contribution is 6.14. The normalized spacial score (nSPS) is 11.4. The molecule has 4 aromatic carbocycles. The summed E-state index contributed by atoms with van der Waals surface area (Å²) in [6.45, 7) is 4.51. The Balaban J connectivity index is 1.57. The molecule has 0 aliphatic carbocycles. The fraction of sp³-hybridized carbons (Fsp3) is 0.0968. The molecule has 0 unspecified atom stereocenters. The van der Waals surface area contributed by atoms with Gasteiger partial charge in [0, 0.05) is 34.0 Å². The van der Waals surface area contributed by atoms with Gasteiger partial charge in [-0.25, -0.2) is 4.39 Å². The van der Waals surface area contributed by atoms with Gasteiger partial charge < -0.3 is 9.09 Å². The van der Waals surface area contributed by atoms with Crippen LogP contribution in [0.5, 0.6) is 0 Å². The minimum Gasteiger partial charge on any atom is -0.361 e. The maximum absolute atomic E-state index is 13.8. The van der Waals surface area contributed by atoms with Gasteiger partial charge in [0.15, 0.2) is 5.78 Å². The Morgan fingerprint density at radius 3 is 2.28 bits per heavy atom. The van der Waals surface area contributed by atoms with E-state index < -0.39 is 5.82 Å². The van der Waals surface area contributed by atoms with Crippen LogP contribution in [0.15, 0.2) is 95.5 Å². The average molecular weight is 475 g/mol. The number of aryl methyl sites for hydroxylation is 2. The van der Waals surface area contributed by atoms with Crippen molar-refractivity contribution in [2.24, 2.45) is 0 Å². The van der Waals surface area contributed by atoms with Gasteiger partial charge in [0.25, 0.3) is 0 Å². The first-order chi connectivity index (χ1) is 17.5. The van der Waals surface area contributed by atoms with Crippen molar-refractivity contribution in [3.05, 3.63) is 125 Å². The molecule has 0 spiro atoms. The van der Waals surface area contributed by atoms with E-state index in [-0.39, 0.29) is 5.78 Å².